The lowest BCUT2D eigenvalue weighted by atomic mass is 10.1. The lowest BCUT2D eigenvalue weighted by Gasteiger charge is -2.12. The van der Waals surface area contributed by atoms with Gasteiger partial charge in [-0.05, 0) is 12.8 Å². The van der Waals surface area contributed by atoms with Crippen LogP contribution in [0.4, 0.5) is 0 Å². The molecule has 19 heavy (non-hydrogen) atoms. The van der Waals surface area contributed by atoms with Gasteiger partial charge in [-0.25, -0.2) is 0 Å². The lowest BCUT2D eigenvalue weighted by Crippen LogP contribution is -2.23. The Labute approximate surface area is 115 Å². The van der Waals surface area contributed by atoms with E-state index in [1.165, 1.54) is 0 Å². The quantitative estimate of drug-likeness (QED) is 0.594. The Morgan fingerprint density at radius 3 is 1.42 bits per heavy atom. The minimum Gasteiger partial charge on any atom is -0.481 e. The molecule has 0 bridgehead atoms. The van der Waals surface area contributed by atoms with Gasteiger partial charge in [0.2, 0.25) is 0 Å². The third-order valence-electron chi connectivity index (χ3n) is 2.45. The predicted octanol–water partition coefficient (Wildman–Crippen LogP) is 3.02. The van der Waals surface area contributed by atoms with Gasteiger partial charge in [-0.2, -0.15) is 0 Å². The van der Waals surface area contributed by atoms with Gasteiger partial charge >= 0.3 is 11.9 Å². The third-order valence-corrected chi connectivity index (χ3v) is 2.45. The molecule has 0 rings (SSSR count). The highest BCUT2D eigenvalue weighted by molar-refractivity contribution is 5.87. The van der Waals surface area contributed by atoms with E-state index < -0.39 is 5.97 Å². The summed E-state index contributed by atoms with van der Waals surface area (Å²) in [6, 6.07) is 0. The Hall–Kier alpha value is -1.39. The number of carboxylic acids is 1. The Morgan fingerprint density at radius 2 is 1.21 bits per heavy atom. The lowest BCUT2D eigenvalue weighted by molar-refractivity contribution is -0.165. The van der Waals surface area contributed by atoms with Crippen molar-refractivity contribution < 1.29 is 24.2 Å². The molecule has 0 spiro atoms. The number of hydrogen-bond acceptors (Lipinski definition) is 4. The van der Waals surface area contributed by atoms with Gasteiger partial charge in [0, 0.05) is 6.92 Å². The molecule has 0 aromatic carbocycles. The number of rotatable bonds is 6. The van der Waals surface area contributed by atoms with Gasteiger partial charge in [0.1, 0.15) is 0 Å². The van der Waals surface area contributed by atoms with Crippen LogP contribution in [0.2, 0.25) is 0 Å². The summed E-state index contributed by atoms with van der Waals surface area (Å²) in [6.07, 6.45) is 3.40. The molecule has 112 valence electrons. The number of carbonyl (C=O) groups is 3. The van der Waals surface area contributed by atoms with Crippen molar-refractivity contribution in [2.24, 2.45) is 11.8 Å². The average Bonchev–Trinajstić information content (AvgIpc) is 2.28. The first-order valence-corrected chi connectivity index (χ1v) is 6.71. The molecule has 0 amide bonds. The second kappa shape index (κ2) is 11.7. The fourth-order valence-electron chi connectivity index (χ4n) is 1.40. The van der Waals surface area contributed by atoms with Crippen LogP contribution in [0, 0.1) is 11.8 Å². The van der Waals surface area contributed by atoms with E-state index in [1.807, 2.05) is 13.8 Å². The smallest absolute Gasteiger partial charge is 0.316 e. The van der Waals surface area contributed by atoms with Crippen LogP contribution in [0.5, 0.6) is 0 Å². The average molecular weight is 274 g/mol. The van der Waals surface area contributed by atoms with Crippen LogP contribution in [-0.2, 0) is 19.1 Å². The molecule has 5 heteroatoms. The van der Waals surface area contributed by atoms with E-state index in [2.05, 4.69) is 0 Å². The highest BCUT2D eigenvalue weighted by Crippen LogP contribution is 2.11. The van der Waals surface area contributed by atoms with E-state index in [9.17, 15) is 9.59 Å². The first-order chi connectivity index (χ1) is 8.76. The van der Waals surface area contributed by atoms with Crippen molar-refractivity contribution in [2.75, 3.05) is 0 Å². The summed E-state index contributed by atoms with van der Waals surface area (Å²) >= 11 is 0. The van der Waals surface area contributed by atoms with Gasteiger partial charge in [-0.15, -0.1) is 0 Å². The Morgan fingerprint density at radius 1 is 0.947 bits per heavy atom. The van der Waals surface area contributed by atoms with E-state index in [4.69, 9.17) is 14.6 Å². The highest BCUT2D eigenvalue weighted by atomic mass is 16.6. The van der Waals surface area contributed by atoms with Crippen LogP contribution in [-0.4, -0.2) is 23.0 Å². The van der Waals surface area contributed by atoms with E-state index in [-0.39, 0.29) is 23.8 Å². The summed E-state index contributed by atoms with van der Waals surface area (Å²) in [7, 11) is 0. The van der Waals surface area contributed by atoms with Gasteiger partial charge in [0.05, 0.1) is 11.8 Å². The maximum atomic E-state index is 11.4. The van der Waals surface area contributed by atoms with E-state index in [0.29, 0.717) is 0 Å². The molecule has 2 unspecified atom stereocenters. The van der Waals surface area contributed by atoms with Gasteiger partial charge in [0.25, 0.3) is 5.97 Å². The Bertz CT molecular complexity index is 260. The molecule has 0 saturated heterocycles. The Kier molecular flexibility index (Phi) is 12.3. The molecular formula is C14H26O5. The Balaban J connectivity index is 0. The van der Waals surface area contributed by atoms with Crippen LogP contribution in [0.3, 0.4) is 0 Å². The number of carbonyl (C=O) groups excluding carboxylic acids is 2. The molecule has 0 aliphatic rings. The molecule has 0 aromatic heterocycles. The minimum absolute atomic E-state index is 0.173. The topological polar surface area (TPSA) is 80.7 Å². The van der Waals surface area contributed by atoms with Gasteiger partial charge < -0.3 is 9.84 Å². The summed E-state index contributed by atoms with van der Waals surface area (Å²) in [6.45, 7) is 8.68. The summed E-state index contributed by atoms with van der Waals surface area (Å²) in [4.78, 5) is 31.8. The maximum absolute atomic E-state index is 11.4. The molecule has 0 heterocycles. The number of aliphatic carboxylic acids is 1. The maximum Gasteiger partial charge on any atom is 0.316 e. The molecule has 0 aliphatic carbocycles. The monoisotopic (exact) mass is 274 g/mol. The predicted molar refractivity (Wildman–Crippen MR) is 72.6 cm³/mol. The van der Waals surface area contributed by atoms with Crippen LogP contribution < -0.4 is 0 Å². The second-order valence-electron chi connectivity index (χ2n) is 4.64. The van der Waals surface area contributed by atoms with Crippen molar-refractivity contribution in [2.45, 2.75) is 60.3 Å². The normalized spacial score (nSPS) is 12.7. The fourth-order valence-corrected chi connectivity index (χ4v) is 1.40. The van der Waals surface area contributed by atoms with E-state index >= 15 is 0 Å². The molecule has 0 aromatic rings. The molecule has 2 atom stereocenters. The van der Waals surface area contributed by atoms with Crippen LogP contribution in [0.15, 0.2) is 0 Å². The zero-order chi connectivity index (χ0) is 15.4. The fraction of sp³-hybridized carbons (Fsp3) is 0.786. The van der Waals surface area contributed by atoms with Crippen molar-refractivity contribution in [3.8, 4) is 0 Å². The third kappa shape index (κ3) is 12.9. The van der Waals surface area contributed by atoms with Crippen molar-refractivity contribution >= 4 is 17.9 Å². The number of ether oxygens (including phenoxy) is 1. The zero-order valence-electron chi connectivity index (χ0n) is 12.6. The highest BCUT2D eigenvalue weighted by Gasteiger charge is 2.21. The van der Waals surface area contributed by atoms with Crippen molar-refractivity contribution in [1.82, 2.24) is 0 Å². The van der Waals surface area contributed by atoms with Crippen LogP contribution in [0.25, 0.3) is 0 Å². The van der Waals surface area contributed by atoms with Gasteiger partial charge in [-0.1, -0.05) is 40.5 Å². The molecule has 0 fully saturated rings. The summed E-state index contributed by atoms with van der Waals surface area (Å²) < 4.78 is 4.80. The van der Waals surface area contributed by atoms with E-state index in [0.717, 1.165) is 32.6 Å². The standard InChI is InChI=1S/C12H22O3.C2H4O2/c1-5-7-9(3)11(13)15-12(14)10(4)8-6-2;1-2(3)4/h9-10H,5-8H2,1-4H3;1H3,(H,3,4). The summed E-state index contributed by atoms with van der Waals surface area (Å²) in [5.74, 6) is -1.95. The molecule has 1 N–H and O–H groups in total. The molecule has 0 saturated carbocycles. The number of carboxylic acid groups (broad SMARTS) is 1. The molecule has 5 nitrogen and oxygen atoms in total. The van der Waals surface area contributed by atoms with Crippen LogP contribution >= 0.6 is 0 Å². The van der Waals surface area contributed by atoms with Crippen molar-refractivity contribution in [3.63, 3.8) is 0 Å². The second-order valence-corrected chi connectivity index (χ2v) is 4.64. The molecular weight excluding hydrogens is 248 g/mol. The number of esters is 2. The summed E-state index contributed by atoms with van der Waals surface area (Å²) in [5.41, 5.74) is 0. The zero-order valence-corrected chi connectivity index (χ0v) is 12.6. The van der Waals surface area contributed by atoms with Crippen molar-refractivity contribution in [3.05, 3.63) is 0 Å². The number of hydrogen-bond donors (Lipinski definition) is 1. The van der Waals surface area contributed by atoms with Crippen molar-refractivity contribution in [1.29, 1.82) is 0 Å². The summed E-state index contributed by atoms with van der Waals surface area (Å²) in [5, 5.41) is 7.42. The first-order valence-electron chi connectivity index (χ1n) is 6.71. The molecule has 0 radical (unpaired) electrons. The molecule has 0 aliphatic heterocycles. The van der Waals surface area contributed by atoms with Crippen LogP contribution in [0.1, 0.15) is 60.3 Å². The first kappa shape index (κ1) is 19.9. The largest absolute Gasteiger partial charge is 0.481 e. The van der Waals surface area contributed by atoms with Gasteiger partial charge in [-0.3, -0.25) is 14.4 Å². The van der Waals surface area contributed by atoms with Gasteiger partial charge in [0.15, 0.2) is 0 Å². The SMILES string of the molecule is CC(=O)O.CCCC(C)C(=O)OC(=O)C(C)CCC. The van der Waals surface area contributed by atoms with E-state index in [1.54, 1.807) is 13.8 Å². The minimum atomic E-state index is -0.833.